The second-order valence-corrected chi connectivity index (χ2v) is 8.40. The molecule has 0 aliphatic rings. The normalized spacial score (nSPS) is 11.7. The fourth-order valence-electron chi connectivity index (χ4n) is 1.95. The summed E-state index contributed by atoms with van der Waals surface area (Å²) >= 11 is 1.23. The highest BCUT2D eigenvalue weighted by Gasteiger charge is 2.25. The van der Waals surface area contributed by atoms with Gasteiger partial charge in [0.25, 0.3) is 0 Å². The van der Waals surface area contributed by atoms with Crippen molar-refractivity contribution < 1.29 is 13.2 Å². The lowest BCUT2D eigenvalue weighted by Crippen LogP contribution is -2.35. The Hall–Kier alpha value is -1.84. The number of aryl methyl sites for hydroxylation is 3. The van der Waals surface area contributed by atoms with Crippen molar-refractivity contribution in [1.82, 2.24) is 14.5 Å². The predicted octanol–water partition coefficient (Wildman–Crippen LogP) is 1.72. The molecule has 2 aromatic rings. The minimum absolute atomic E-state index is 0.208. The van der Waals surface area contributed by atoms with Gasteiger partial charge < -0.3 is 0 Å². The van der Waals surface area contributed by atoms with Gasteiger partial charge in [0.1, 0.15) is 5.01 Å². The first-order chi connectivity index (χ1) is 10.7. The number of aromatic nitrogens is 2. The quantitative estimate of drug-likeness (QED) is 0.883. The van der Waals surface area contributed by atoms with Crippen molar-refractivity contribution in [2.45, 2.75) is 25.7 Å². The van der Waals surface area contributed by atoms with Gasteiger partial charge in [0, 0.05) is 7.05 Å². The van der Waals surface area contributed by atoms with E-state index in [0.29, 0.717) is 10.7 Å². The van der Waals surface area contributed by atoms with Gasteiger partial charge in [-0.15, -0.1) is 10.2 Å². The third-order valence-electron chi connectivity index (χ3n) is 3.17. The molecule has 0 radical (unpaired) electrons. The summed E-state index contributed by atoms with van der Waals surface area (Å²) < 4.78 is 26.3. The SMILES string of the molecule is Cc1ccc(C)c(S(=O)(=O)N(C)CC(=O)Nc2nnc(C)s2)c1. The Morgan fingerprint density at radius 2 is 1.96 bits per heavy atom. The topological polar surface area (TPSA) is 92.3 Å². The van der Waals surface area contributed by atoms with Crippen molar-refractivity contribution in [1.29, 1.82) is 0 Å². The van der Waals surface area contributed by atoms with Crippen LogP contribution in [0.15, 0.2) is 23.1 Å². The summed E-state index contributed by atoms with van der Waals surface area (Å²) in [7, 11) is -2.36. The Labute approximate surface area is 139 Å². The molecule has 2 rings (SSSR count). The molecule has 23 heavy (non-hydrogen) atoms. The standard InChI is InChI=1S/C14H18N4O3S2/c1-9-5-6-10(2)12(7-9)23(20,21)18(4)8-13(19)15-14-17-16-11(3)22-14/h5-7H,8H2,1-4H3,(H,15,17,19). The monoisotopic (exact) mass is 354 g/mol. The Morgan fingerprint density at radius 3 is 2.57 bits per heavy atom. The van der Waals surface area contributed by atoms with Gasteiger partial charge in [-0.2, -0.15) is 4.31 Å². The average Bonchev–Trinajstić information content (AvgIpc) is 2.86. The predicted molar refractivity (Wildman–Crippen MR) is 89.0 cm³/mol. The van der Waals surface area contributed by atoms with Crippen molar-refractivity contribution in [3.63, 3.8) is 0 Å². The van der Waals surface area contributed by atoms with Crippen LogP contribution < -0.4 is 5.32 Å². The Morgan fingerprint density at radius 1 is 1.26 bits per heavy atom. The first-order valence-corrected chi connectivity index (χ1v) is 9.09. The van der Waals surface area contributed by atoms with Crippen LogP contribution in [0.2, 0.25) is 0 Å². The fraction of sp³-hybridized carbons (Fsp3) is 0.357. The number of sulfonamides is 1. The molecule has 0 aliphatic heterocycles. The summed E-state index contributed by atoms with van der Waals surface area (Å²) in [5.41, 5.74) is 1.49. The summed E-state index contributed by atoms with van der Waals surface area (Å²) in [5.74, 6) is -0.461. The molecule has 0 aliphatic carbocycles. The number of carbonyl (C=O) groups excluding carboxylic acids is 1. The molecule has 1 N–H and O–H groups in total. The maximum atomic E-state index is 12.6. The second-order valence-electron chi connectivity index (χ2n) is 5.20. The Bertz CT molecular complexity index is 830. The van der Waals surface area contributed by atoms with Crippen molar-refractivity contribution >= 4 is 32.4 Å². The number of likely N-dealkylation sites (N-methyl/N-ethyl adjacent to an activating group) is 1. The molecule has 1 aromatic heterocycles. The van der Waals surface area contributed by atoms with E-state index in [2.05, 4.69) is 15.5 Å². The van der Waals surface area contributed by atoms with E-state index in [1.165, 1.54) is 18.4 Å². The molecule has 0 saturated carbocycles. The lowest BCUT2D eigenvalue weighted by molar-refractivity contribution is -0.116. The van der Waals surface area contributed by atoms with Crippen LogP contribution in [0.25, 0.3) is 0 Å². The zero-order valence-corrected chi connectivity index (χ0v) is 15.0. The first kappa shape index (κ1) is 17.5. The van der Waals surface area contributed by atoms with Crippen LogP contribution in [-0.4, -0.2) is 42.4 Å². The maximum Gasteiger partial charge on any atom is 0.243 e. The fourth-order valence-corrected chi connectivity index (χ4v) is 3.99. The van der Waals surface area contributed by atoms with Crippen molar-refractivity contribution in [2.24, 2.45) is 0 Å². The molecule has 0 unspecified atom stereocenters. The van der Waals surface area contributed by atoms with Gasteiger partial charge in [-0.1, -0.05) is 23.5 Å². The highest BCUT2D eigenvalue weighted by Crippen LogP contribution is 2.20. The molecule has 0 atom stereocenters. The molecule has 124 valence electrons. The van der Waals surface area contributed by atoms with E-state index in [0.717, 1.165) is 14.9 Å². The third kappa shape index (κ3) is 4.12. The second kappa shape index (κ2) is 6.73. The van der Waals surface area contributed by atoms with Gasteiger partial charge in [0.2, 0.25) is 21.1 Å². The van der Waals surface area contributed by atoms with Crippen LogP contribution in [0, 0.1) is 20.8 Å². The van der Waals surface area contributed by atoms with Crippen LogP contribution >= 0.6 is 11.3 Å². The van der Waals surface area contributed by atoms with E-state index in [-0.39, 0.29) is 11.4 Å². The number of rotatable bonds is 5. The number of anilines is 1. The average molecular weight is 354 g/mol. The first-order valence-electron chi connectivity index (χ1n) is 6.83. The van der Waals surface area contributed by atoms with Gasteiger partial charge in [-0.25, -0.2) is 8.42 Å². The molecular weight excluding hydrogens is 336 g/mol. The smallest absolute Gasteiger partial charge is 0.243 e. The molecule has 0 bridgehead atoms. The summed E-state index contributed by atoms with van der Waals surface area (Å²) in [6.45, 7) is 5.02. The maximum absolute atomic E-state index is 12.6. The molecule has 0 spiro atoms. The van der Waals surface area contributed by atoms with Crippen molar-refractivity contribution in [3.8, 4) is 0 Å². The van der Waals surface area contributed by atoms with Crippen LogP contribution in [-0.2, 0) is 14.8 Å². The zero-order chi connectivity index (χ0) is 17.2. The van der Waals surface area contributed by atoms with E-state index < -0.39 is 15.9 Å². The van der Waals surface area contributed by atoms with E-state index in [9.17, 15) is 13.2 Å². The molecule has 9 heteroatoms. The molecule has 1 aromatic carbocycles. The molecule has 1 heterocycles. The number of nitrogens with one attached hydrogen (secondary N) is 1. The van der Waals surface area contributed by atoms with Crippen LogP contribution in [0.5, 0.6) is 0 Å². The van der Waals surface area contributed by atoms with E-state index in [1.54, 1.807) is 26.0 Å². The minimum Gasteiger partial charge on any atom is -0.299 e. The van der Waals surface area contributed by atoms with E-state index >= 15 is 0 Å². The summed E-state index contributed by atoms with van der Waals surface area (Å²) in [4.78, 5) is 12.2. The van der Waals surface area contributed by atoms with Gasteiger partial charge in [0.05, 0.1) is 11.4 Å². The number of hydrogen-bond donors (Lipinski definition) is 1. The number of benzene rings is 1. The number of hydrogen-bond acceptors (Lipinski definition) is 6. The van der Waals surface area contributed by atoms with Crippen LogP contribution in [0.3, 0.4) is 0 Å². The molecule has 7 nitrogen and oxygen atoms in total. The van der Waals surface area contributed by atoms with Crippen molar-refractivity contribution in [2.75, 3.05) is 18.9 Å². The van der Waals surface area contributed by atoms with Crippen molar-refractivity contribution in [3.05, 3.63) is 34.3 Å². The van der Waals surface area contributed by atoms with Gasteiger partial charge in [-0.3, -0.25) is 10.1 Å². The molecule has 1 amide bonds. The minimum atomic E-state index is -3.73. The molecular formula is C14H18N4O3S2. The zero-order valence-electron chi connectivity index (χ0n) is 13.3. The lowest BCUT2D eigenvalue weighted by atomic mass is 10.2. The third-order valence-corrected chi connectivity index (χ3v) is 5.87. The summed E-state index contributed by atoms with van der Waals surface area (Å²) in [6, 6.07) is 5.20. The van der Waals surface area contributed by atoms with Gasteiger partial charge in [-0.05, 0) is 38.0 Å². The number of carbonyl (C=O) groups is 1. The van der Waals surface area contributed by atoms with Crippen LogP contribution in [0.1, 0.15) is 16.1 Å². The largest absolute Gasteiger partial charge is 0.299 e. The molecule has 0 saturated heterocycles. The van der Waals surface area contributed by atoms with Gasteiger partial charge in [0.15, 0.2) is 0 Å². The van der Waals surface area contributed by atoms with Gasteiger partial charge >= 0.3 is 0 Å². The van der Waals surface area contributed by atoms with E-state index in [4.69, 9.17) is 0 Å². The summed E-state index contributed by atoms with van der Waals surface area (Å²) in [5, 5.41) is 11.2. The number of amides is 1. The highest BCUT2D eigenvalue weighted by atomic mass is 32.2. The summed E-state index contributed by atoms with van der Waals surface area (Å²) in [6.07, 6.45) is 0. The lowest BCUT2D eigenvalue weighted by Gasteiger charge is -2.18. The number of nitrogens with zero attached hydrogens (tertiary/aromatic N) is 3. The van der Waals surface area contributed by atoms with Crippen LogP contribution in [0.4, 0.5) is 5.13 Å². The Kier molecular flexibility index (Phi) is 5.12. The molecule has 0 fully saturated rings. The highest BCUT2D eigenvalue weighted by molar-refractivity contribution is 7.89. The van der Waals surface area contributed by atoms with E-state index in [1.807, 2.05) is 13.0 Å². The Balaban J connectivity index is 2.13.